The molecule has 4 nitrogen and oxygen atoms in total. The Morgan fingerprint density at radius 3 is 2.43 bits per heavy atom. The number of nitrogens with one attached hydrogen (secondary N) is 1. The largest absolute Gasteiger partial charge is 0.492 e. The van der Waals surface area contributed by atoms with Crippen molar-refractivity contribution in [2.45, 2.75) is 38.6 Å². The number of ether oxygens (including phenoxy) is 1. The van der Waals surface area contributed by atoms with Crippen LogP contribution in [-0.2, 0) is 17.6 Å². The standard InChI is InChI=1S/C21H23F3N2O2/c1-15(26-28-13-16-4-8-18(9-5-16)21(22,23)24)17-6-10-20(11-7-17)27-14-19-3-2-12-25-19/h4-11,19,25H,2-3,12-14H2,1H3/b26-15+. The topological polar surface area (TPSA) is 42.9 Å². The Morgan fingerprint density at radius 2 is 1.82 bits per heavy atom. The fourth-order valence-corrected chi connectivity index (χ4v) is 2.93. The van der Waals surface area contributed by atoms with Crippen molar-refractivity contribution in [3.05, 3.63) is 65.2 Å². The predicted molar refractivity (Wildman–Crippen MR) is 101 cm³/mol. The molecule has 2 aromatic carbocycles. The molecule has 1 heterocycles. The van der Waals surface area contributed by atoms with Crippen molar-refractivity contribution >= 4 is 5.71 Å². The first-order valence-electron chi connectivity index (χ1n) is 9.21. The monoisotopic (exact) mass is 392 g/mol. The summed E-state index contributed by atoms with van der Waals surface area (Å²) >= 11 is 0. The highest BCUT2D eigenvalue weighted by molar-refractivity contribution is 5.98. The SMILES string of the molecule is C/C(=N\OCc1ccc(C(F)(F)F)cc1)c1ccc(OCC2CCCN2)cc1. The zero-order chi connectivity index (χ0) is 20.0. The van der Waals surface area contributed by atoms with E-state index in [1.807, 2.05) is 31.2 Å². The van der Waals surface area contributed by atoms with Crippen LogP contribution in [-0.4, -0.2) is 24.9 Å². The lowest BCUT2D eigenvalue weighted by Gasteiger charge is -2.12. The number of alkyl halides is 3. The molecule has 0 aromatic heterocycles. The summed E-state index contributed by atoms with van der Waals surface area (Å²) < 4.78 is 43.4. The maximum absolute atomic E-state index is 12.6. The number of rotatable bonds is 7. The third-order valence-corrected chi connectivity index (χ3v) is 4.60. The van der Waals surface area contributed by atoms with Gasteiger partial charge in [-0.15, -0.1) is 0 Å². The highest BCUT2D eigenvalue weighted by atomic mass is 19.4. The molecule has 1 N–H and O–H groups in total. The molecular weight excluding hydrogens is 369 g/mol. The lowest BCUT2D eigenvalue weighted by molar-refractivity contribution is -0.137. The van der Waals surface area contributed by atoms with Gasteiger partial charge >= 0.3 is 6.18 Å². The minimum absolute atomic E-state index is 0.102. The highest BCUT2D eigenvalue weighted by Crippen LogP contribution is 2.29. The summed E-state index contributed by atoms with van der Waals surface area (Å²) in [5.41, 5.74) is 1.51. The molecule has 1 atom stereocenters. The van der Waals surface area contributed by atoms with Gasteiger partial charge in [0.15, 0.2) is 0 Å². The fraction of sp³-hybridized carbons (Fsp3) is 0.381. The van der Waals surface area contributed by atoms with Crippen LogP contribution in [0.4, 0.5) is 13.2 Å². The third kappa shape index (κ3) is 5.73. The molecule has 28 heavy (non-hydrogen) atoms. The van der Waals surface area contributed by atoms with E-state index in [1.165, 1.54) is 18.6 Å². The third-order valence-electron chi connectivity index (χ3n) is 4.60. The molecule has 0 saturated carbocycles. The van der Waals surface area contributed by atoms with Gasteiger partial charge in [-0.05, 0) is 73.8 Å². The van der Waals surface area contributed by atoms with Crippen molar-refractivity contribution in [1.29, 1.82) is 0 Å². The van der Waals surface area contributed by atoms with Crippen molar-refractivity contribution in [1.82, 2.24) is 5.32 Å². The molecule has 0 amide bonds. The second-order valence-corrected chi connectivity index (χ2v) is 6.77. The average Bonchev–Trinajstić information content (AvgIpc) is 3.20. The van der Waals surface area contributed by atoms with E-state index in [2.05, 4.69) is 10.5 Å². The molecule has 3 rings (SSSR count). The normalized spacial score (nSPS) is 17.6. The smallest absolute Gasteiger partial charge is 0.416 e. The van der Waals surface area contributed by atoms with Crippen LogP contribution < -0.4 is 10.1 Å². The molecule has 0 aliphatic carbocycles. The summed E-state index contributed by atoms with van der Waals surface area (Å²) in [6.07, 6.45) is -2.01. The number of oxime groups is 1. The second-order valence-electron chi connectivity index (χ2n) is 6.77. The Hall–Kier alpha value is -2.54. The summed E-state index contributed by atoms with van der Waals surface area (Å²) in [6.45, 7) is 3.62. The first kappa shape index (κ1) is 20.2. The molecule has 150 valence electrons. The van der Waals surface area contributed by atoms with Crippen molar-refractivity contribution in [2.24, 2.45) is 5.16 Å². The molecule has 0 radical (unpaired) electrons. The fourth-order valence-electron chi connectivity index (χ4n) is 2.93. The van der Waals surface area contributed by atoms with Gasteiger partial charge in [0.05, 0.1) is 11.3 Å². The van der Waals surface area contributed by atoms with E-state index in [9.17, 15) is 13.2 Å². The first-order valence-corrected chi connectivity index (χ1v) is 9.21. The van der Waals surface area contributed by atoms with Gasteiger partial charge in [-0.1, -0.05) is 17.3 Å². The van der Waals surface area contributed by atoms with Crippen LogP contribution in [0.1, 0.15) is 36.5 Å². The molecule has 2 aromatic rings. The van der Waals surface area contributed by atoms with E-state index in [-0.39, 0.29) is 6.61 Å². The van der Waals surface area contributed by atoms with Crippen molar-refractivity contribution in [3.8, 4) is 5.75 Å². The van der Waals surface area contributed by atoms with Crippen molar-refractivity contribution in [3.63, 3.8) is 0 Å². The highest BCUT2D eigenvalue weighted by Gasteiger charge is 2.29. The average molecular weight is 392 g/mol. The van der Waals surface area contributed by atoms with E-state index in [1.54, 1.807) is 0 Å². The number of benzene rings is 2. The molecule has 1 unspecified atom stereocenters. The van der Waals surface area contributed by atoms with Gasteiger partial charge in [0, 0.05) is 6.04 Å². The lowest BCUT2D eigenvalue weighted by atomic mass is 10.1. The molecule has 1 aliphatic heterocycles. The van der Waals surface area contributed by atoms with Crippen LogP contribution >= 0.6 is 0 Å². The molecule has 1 fully saturated rings. The van der Waals surface area contributed by atoms with Crippen molar-refractivity contribution < 1.29 is 22.7 Å². The quantitative estimate of drug-likeness (QED) is 0.545. The first-order chi connectivity index (χ1) is 13.4. The Kier molecular flexibility index (Phi) is 6.57. The minimum atomic E-state index is -4.34. The molecule has 7 heteroatoms. The summed E-state index contributed by atoms with van der Waals surface area (Å²) in [6, 6.07) is 12.8. The van der Waals surface area contributed by atoms with Gasteiger partial charge in [0.1, 0.15) is 19.0 Å². The Balaban J connectivity index is 1.49. The number of nitrogens with zero attached hydrogens (tertiary/aromatic N) is 1. The van der Waals surface area contributed by atoms with Gasteiger partial charge < -0.3 is 14.9 Å². The van der Waals surface area contributed by atoms with E-state index in [0.717, 1.165) is 36.4 Å². The molecule has 1 saturated heterocycles. The van der Waals surface area contributed by atoms with Crippen LogP contribution in [0.25, 0.3) is 0 Å². The van der Waals surface area contributed by atoms with Crippen molar-refractivity contribution in [2.75, 3.05) is 13.2 Å². The van der Waals surface area contributed by atoms with Gasteiger partial charge in [0.25, 0.3) is 0 Å². The van der Waals surface area contributed by atoms with Gasteiger partial charge in [-0.3, -0.25) is 0 Å². The number of hydrogen-bond acceptors (Lipinski definition) is 4. The molecule has 0 spiro atoms. The second kappa shape index (κ2) is 9.10. The zero-order valence-corrected chi connectivity index (χ0v) is 15.6. The lowest BCUT2D eigenvalue weighted by Crippen LogP contribution is -2.28. The van der Waals surface area contributed by atoms with E-state index in [0.29, 0.717) is 23.9 Å². The Morgan fingerprint density at radius 1 is 1.11 bits per heavy atom. The summed E-state index contributed by atoms with van der Waals surface area (Å²) in [5.74, 6) is 0.802. The summed E-state index contributed by atoms with van der Waals surface area (Å²) in [7, 11) is 0. The molecular formula is C21H23F3N2O2. The minimum Gasteiger partial charge on any atom is -0.492 e. The van der Waals surface area contributed by atoms with E-state index >= 15 is 0 Å². The number of halogens is 3. The van der Waals surface area contributed by atoms with E-state index < -0.39 is 11.7 Å². The van der Waals surface area contributed by atoms with Gasteiger partial charge in [0.2, 0.25) is 0 Å². The summed E-state index contributed by atoms with van der Waals surface area (Å²) in [4.78, 5) is 5.27. The van der Waals surface area contributed by atoms with Crippen LogP contribution in [0.15, 0.2) is 53.7 Å². The van der Waals surface area contributed by atoms with Crippen LogP contribution in [0.3, 0.4) is 0 Å². The zero-order valence-electron chi connectivity index (χ0n) is 15.6. The summed E-state index contributed by atoms with van der Waals surface area (Å²) in [5, 5.41) is 7.43. The van der Waals surface area contributed by atoms with Gasteiger partial charge in [-0.2, -0.15) is 13.2 Å². The Labute approximate surface area is 162 Å². The number of hydrogen-bond donors (Lipinski definition) is 1. The van der Waals surface area contributed by atoms with Crippen LogP contribution in [0, 0.1) is 0 Å². The maximum Gasteiger partial charge on any atom is 0.416 e. The molecule has 0 bridgehead atoms. The van der Waals surface area contributed by atoms with Crippen LogP contribution in [0.5, 0.6) is 5.75 Å². The Bertz CT molecular complexity index is 781. The van der Waals surface area contributed by atoms with Gasteiger partial charge in [-0.25, -0.2) is 0 Å². The maximum atomic E-state index is 12.6. The van der Waals surface area contributed by atoms with E-state index in [4.69, 9.17) is 9.57 Å². The predicted octanol–water partition coefficient (Wildman–Crippen LogP) is 4.78. The van der Waals surface area contributed by atoms with Crippen LogP contribution in [0.2, 0.25) is 0 Å². The molecule has 1 aliphatic rings.